The van der Waals surface area contributed by atoms with E-state index >= 15 is 0 Å². The van der Waals surface area contributed by atoms with E-state index in [4.69, 9.17) is 5.73 Å². The van der Waals surface area contributed by atoms with Crippen LogP contribution < -0.4 is 5.73 Å². The van der Waals surface area contributed by atoms with E-state index in [2.05, 4.69) is 12.2 Å². The molecule has 1 nitrogen and oxygen atoms in total. The van der Waals surface area contributed by atoms with Crippen molar-refractivity contribution in [1.82, 2.24) is 0 Å². The number of hydrogen-bond donors (Lipinski definition) is 1. The van der Waals surface area contributed by atoms with Gasteiger partial charge in [0, 0.05) is 0 Å². The van der Waals surface area contributed by atoms with Crippen molar-refractivity contribution in [2.24, 2.45) is 5.73 Å². The Labute approximate surface area is 61.2 Å². The molecular formula is C9H11N. The zero-order valence-corrected chi connectivity index (χ0v) is 5.83. The van der Waals surface area contributed by atoms with Crippen molar-refractivity contribution in [3.8, 4) is 0 Å². The number of nitrogens with two attached hydrogens (primary N) is 1. The van der Waals surface area contributed by atoms with Crippen molar-refractivity contribution in [3.63, 3.8) is 0 Å². The second-order valence-electron chi connectivity index (χ2n) is 2.12. The molecule has 1 aliphatic rings. The molecule has 2 N–H and O–H groups in total. The van der Waals surface area contributed by atoms with Gasteiger partial charge in [-0.25, -0.2) is 0 Å². The van der Waals surface area contributed by atoms with E-state index in [1.54, 1.807) is 6.20 Å². The summed E-state index contributed by atoms with van der Waals surface area (Å²) in [7, 11) is 0. The standard InChI is InChI=1S/C9H11N/c10-8-4-7-9-5-2-1-3-6-9/h1-5,7-8H,6,10H2/b8-4-,9-7-. The first kappa shape index (κ1) is 6.87. The molecule has 10 heavy (non-hydrogen) atoms. The smallest absolute Gasteiger partial charge is 0.00623 e. The molecule has 0 aromatic rings. The second-order valence-corrected chi connectivity index (χ2v) is 2.12. The lowest BCUT2D eigenvalue weighted by Gasteiger charge is -1.98. The lowest BCUT2D eigenvalue weighted by Crippen LogP contribution is -1.80. The van der Waals surface area contributed by atoms with Crippen molar-refractivity contribution in [2.45, 2.75) is 6.42 Å². The molecule has 0 atom stereocenters. The summed E-state index contributed by atoms with van der Waals surface area (Å²) in [5.41, 5.74) is 6.47. The zero-order valence-electron chi connectivity index (χ0n) is 5.83. The third kappa shape index (κ3) is 1.94. The lowest BCUT2D eigenvalue weighted by atomic mass is 10.1. The molecule has 1 aliphatic carbocycles. The van der Waals surface area contributed by atoms with Gasteiger partial charge in [0.05, 0.1) is 0 Å². The van der Waals surface area contributed by atoms with Crippen LogP contribution in [0.15, 0.2) is 48.2 Å². The van der Waals surface area contributed by atoms with Crippen LogP contribution in [0.1, 0.15) is 6.42 Å². The van der Waals surface area contributed by atoms with Crippen molar-refractivity contribution >= 4 is 0 Å². The zero-order chi connectivity index (χ0) is 7.23. The molecule has 0 saturated heterocycles. The van der Waals surface area contributed by atoms with Gasteiger partial charge in [0.2, 0.25) is 0 Å². The van der Waals surface area contributed by atoms with E-state index in [-0.39, 0.29) is 0 Å². The molecule has 0 heterocycles. The minimum Gasteiger partial charge on any atom is -0.405 e. The summed E-state index contributed by atoms with van der Waals surface area (Å²) < 4.78 is 0. The molecule has 0 saturated carbocycles. The van der Waals surface area contributed by atoms with E-state index < -0.39 is 0 Å². The van der Waals surface area contributed by atoms with Crippen LogP contribution in [0, 0.1) is 0 Å². The van der Waals surface area contributed by atoms with E-state index in [0.717, 1.165) is 6.42 Å². The minimum atomic E-state index is 1.01. The Morgan fingerprint density at radius 2 is 2.30 bits per heavy atom. The van der Waals surface area contributed by atoms with E-state index in [0.29, 0.717) is 0 Å². The molecular weight excluding hydrogens is 122 g/mol. The number of allylic oxidation sites excluding steroid dienone is 7. The van der Waals surface area contributed by atoms with Crippen molar-refractivity contribution in [2.75, 3.05) is 0 Å². The Hall–Kier alpha value is -1.24. The summed E-state index contributed by atoms with van der Waals surface area (Å²) in [6.45, 7) is 0. The Morgan fingerprint density at radius 1 is 1.40 bits per heavy atom. The molecule has 0 radical (unpaired) electrons. The molecule has 0 unspecified atom stereocenters. The molecule has 0 aromatic carbocycles. The summed E-state index contributed by atoms with van der Waals surface area (Å²) in [4.78, 5) is 0. The highest BCUT2D eigenvalue weighted by atomic mass is 14.5. The van der Waals surface area contributed by atoms with Gasteiger partial charge >= 0.3 is 0 Å². The fourth-order valence-corrected chi connectivity index (χ4v) is 0.833. The molecule has 52 valence electrons. The second kappa shape index (κ2) is 3.72. The maximum atomic E-state index is 5.18. The summed E-state index contributed by atoms with van der Waals surface area (Å²) in [5, 5.41) is 0. The Balaban J connectivity index is 2.58. The molecule has 0 bridgehead atoms. The van der Waals surface area contributed by atoms with Crippen molar-refractivity contribution in [3.05, 3.63) is 48.2 Å². The Morgan fingerprint density at radius 3 is 2.90 bits per heavy atom. The highest BCUT2D eigenvalue weighted by molar-refractivity contribution is 5.31. The Bertz CT molecular complexity index is 207. The molecule has 0 amide bonds. The van der Waals surface area contributed by atoms with Crippen LogP contribution >= 0.6 is 0 Å². The maximum absolute atomic E-state index is 5.18. The van der Waals surface area contributed by atoms with Gasteiger partial charge in [0.1, 0.15) is 0 Å². The van der Waals surface area contributed by atoms with Crippen LogP contribution in [0.4, 0.5) is 0 Å². The summed E-state index contributed by atoms with van der Waals surface area (Å²) >= 11 is 0. The SMILES string of the molecule is N/C=C\C=C1\C=CC=CC1. The molecule has 0 aromatic heterocycles. The third-order valence-corrected chi connectivity index (χ3v) is 1.33. The van der Waals surface area contributed by atoms with E-state index in [1.807, 2.05) is 24.3 Å². The average molecular weight is 133 g/mol. The van der Waals surface area contributed by atoms with Crippen molar-refractivity contribution < 1.29 is 0 Å². The van der Waals surface area contributed by atoms with Crippen LogP contribution in [-0.2, 0) is 0 Å². The van der Waals surface area contributed by atoms with Crippen LogP contribution in [0.5, 0.6) is 0 Å². The van der Waals surface area contributed by atoms with Gasteiger partial charge in [-0.15, -0.1) is 0 Å². The van der Waals surface area contributed by atoms with Crippen molar-refractivity contribution in [1.29, 1.82) is 0 Å². The van der Waals surface area contributed by atoms with Crippen LogP contribution in [-0.4, -0.2) is 0 Å². The van der Waals surface area contributed by atoms with Gasteiger partial charge < -0.3 is 5.73 Å². The highest BCUT2D eigenvalue weighted by Gasteiger charge is 1.89. The fourth-order valence-electron chi connectivity index (χ4n) is 0.833. The largest absolute Gasteiger partial charge is 0.405 e. The van der Waals surface area contributed by atoms with Crippen LogP contribution in [0.25, 0.3) is 0 Å². The lowest BCUT2D eigenvalue weighted by molar-refractivity contribution is 1.26. The Kier molecular flexibility index (Phi) is 2.56. The van der Waals surface area contributed by atoms with Crippen LogP contribution in [0.2, 0.25) is 0 Å². The van der Waals surface area contributed by atoms with E-state index in [1.165, 1.54) is 5.57 Å². The van der Waals surface area contributed by atoms with Crippen LogP contribution in [0.3, 0.4) is 0 Å². The third-order valence-electron chi connectivity index (χ3n) is 1.33. The predicted octanol–water partition coefficient (Wildman–Crippen LogP) is 1.90. The minimum absolute atomic E-state index is 1.01. The molecule has 1 rings (SSSR count). The van der Waals surface area contributed by atoms with Gasteiger partial charge in [-0.2, -0.15) is 0 Å². The van der Waals surface area contributed by atoms with Gasteiger partial charge in [-0.3, -0.25) is 0 Å². The average Bonchev–Trinajstić information content (AvgIpc) is 2.03. The topological polar surface area (TPSA) is 26.0 Å². The monoisotopic (exact) mass is 133 g/mol. The number of rotatable bonds is 1. The van der Waals surface area contributed by atoms with Gasteiger partial charge in [-0.1, -0.05) is 30.4 Å². The number of hydrogen-bond acceptors (Lipinski definition) is 1. The fraction of sp³-hybridized carbons (Fsp3) is 0.111. The molecule has 0 fully saturated rings. The van der Waals surface area contributed by atoms with Gasteiger partial charge in [-0.05, 0) is 24.3 Å². The predicted molar refractivity (Wildman–Crippen MR) is 44.3 cm³/mol. The van der Waals surface area contributed by atoms with Gasteiger partial charge in [0.15, 0.2) is 0 Å². The highest BCUT2D eigenvalue weighted by Crippen LogP contribution is 2.09. The molecule has 0 aliphatic heterocycles. The summed E-state index contributed by atoms with van der Waals surface area (Å²) in [6, 6.07) is 0. The molecule has 0 spiro atoms. The first-order valence-electron chi connectivity index (χ1n) is 3.34. The van der Waals surface area contributed by atoms with E-state index in [9.17, 15) is 0 Å². The maximum Gasteiger partial charge on any atom is -0.00623 e. The quantitative estimate of drug-likeness (QED) is 0.581. The van der Waals surface area contributed by atoms with Gasteiger partial charge in [0.25, 0.3) is 0 Å². The molecule has 1 heteroatoms. The first-order valence-corrected chi connectivity index (χ1v) is 3.34. The first-order chi connectivity index (χ1) is 4.93. The normalized spacial score (nSPS) is 21.0. The summed E-state index contributed by atoms with van der Waals surface area (Å²) in [5.74, 6) is 0. The summed E-state index contributed by atoms with van der Waals surface area (Å²) in [6.07, 6.45) is 14.7.